The van der Waals surface area contributed by atoms with Gasteiger partial charge in [-0.05, 0) is 70.0 Å². The van der Waals surface area contributed by atoms with E-state index in [0.717, 1.165) is 35.7 Å². The molecule has 0 bridgehead atoms. The van der Waals surface area contributed by atoms with Crippen molar-refractivity contribution in [3.05, 3.63) is 82.7 Å². The first-order chi connectivity index (χ1) is 16.1. The van der Waals surface area contributed by atoms with Crippen LogP contribution < -0.4 is 0 Å². The second-order valence-electron chi connectivity index (χ2n) is 8.94. The van der Waals surface area contributed by atoms with Crippen LogP contribution in [0.25, 0.3) is 0 Å². The van der Waals surface area contributed by atoms with Gasteiger partial charge in [-0.2, -0.15) is 5.10 Å². The van der Waals surface area contributed by atoms with Gasteiger partial charge >= 0.3 is 11.9 Å². The van der Waals surface area contributed by atoms with Crippen molar-refractivity contribution in [3.8, 4) is 0 Å². The molecule has 0 spiro atoms. The molecule has 0 saturated heterocycles. The second kappa shape index (κ2) is 10.9. The second-order valence-corrected chi connectivity index (χ2v) is 10.6. The summed E-state index contributed by atoms with van der Waals surface area (Å²) in [5, 5.41) is 14.1. The highest BCUT2D eigenvalue weighted by Gasteiger charge is 2.28. The molecule has 0 unspecified atom stereocenters. The molecule has 1 aromatic heterocycles. The first-order valence-corrected chi connectivity index (χ1v) is 12.3. The molecule has 180 valence electrons. The first-order valence-electron chi connectivity index (χ1n) is 11.4. The monoisotopic (exact) mass is 480 g/mol. The van der Waals surface area contributed by atoms with Gasteiger partial charge in [-0.25, -0.2) is 4.79 Å². The molecule has 1 heterocycles. The third-order valence-electron chi connectivity index (χ3n) is 5.48. The summed E-state index contributed by atoms with van der Waals surface area (Å²) < 4.78 is 6.74. The van der Waals surface area contributed by atoms with Crippen molar-refractivity contribution in [2.75, 3.05) is 0 Å². The van der Waals surface area contributed by atoms with Crippen LogP contribution in [0.4, 0.5) is 0 Å². The van der Waals surface area contributed by atoms with E-state index in [4.69, 9.17) is 9.84 Å². The molecule has 0 aliphatic heterocycles. The van der Waals surface area contributed by atoms with E-state index >= 15 is 0 Å². The number of aliphatic carboxylic acids is 1. The van der Waals surface area contributed by atoms with E-state index in [0.29, 0.717) is 5.56 Å². The van der Waals surface area contributed by atoms with E-state index in [1.165, 1.54) is 22.9 Å². The number of carboxylic acid groups (broad SMARTS) is 1. The minimum atomic E-state index is -0.954. The Morgan fingerprint density at radius 3 is 2.35 bits per heavy atom. The van der Waals surface area contributed by atoms with E-state index in [-0.39, 0.29) is 0 Å². The minimum Gasteiger partial charge on any atom is -0.480 e. The minimum absolute atomic E-state index is 0.422. The number of rotatable bonds is 10. The maximum absolute atomic E-state index is 12.8. The van der Waals surface area contributed by atoms with Crippen molar-refractivity contribution >= 4 is 23.7 Å². The van der Waals surface area contributed by atoms with Gasteiger partial charge in [0.2, 0.25) is 0 Å². The normalized spacial score (nSPS) is 12.4. The van der Waals surface area contributed by atoms with Crippen LogP contribution in [0.2, 0.25) is 0 Å². The molecule has 0 radical (unpaired) electrons. The lowest BCUT2D eigenvalue weighted by Crippen LogP contribution is -2.26. The fourth-order valence-corrected chi connectivity index (χ4v) is 4.44. The molecule has 0 aliphatic carbocycles. The Morgan fingerprint density at radius 2 is 1.76 bits per heavy atom. The summed E-state index contributed by atoms with van der Waals surface area (Å²) in [5.74, 6) is -1.31. The molecule has 3 aromatic rings. The number of carboxylic acids is 1. The quantitative estimate of drug-likeness (QED) is 0.280. The number of nitrogens with zero attached hydrogens (tertiary/aromatic N) is 2. The van der Waals surface area contributed by atoms with Crippen LogP contribution in [0.5, 0.6) is 0 Å². The SMILES string of the molecule is CCCn1nc(Cc2ccc(C)cc2)cc1[C@@H](C)OC(=O)c1ccc(SC(C)(C)C(=O)O)cc1. The van der Waals surface area contributed by atoms with Gasteiger partial charge in [-0.1, -0.05) is 36.8 Å². The summed E-state index contributed by atoms with van der Waals surface area (Å²) in [6, 6.07) is 17.2. The molecule has 2 aromatic carbocycles. The highest BCUT2D eigenvalue weighted by Crippen LogP contribution is 2.33. The lowest BCUT2D eigenvalue weighted by Gasteiger charge is -2.18. The first kappa shape index (κ1) is 25.6. The standard InChI is InChI=1S/C27H32N2O4S/c1-6-15-29-24(17-22(28-29)16-20-9-7-18(2)8-10-20)19(3)33-25(30)21-11-13-23(14-12-21)34-27(4,5)26(31)32/h7-14,17,19H,6,15-16H2,1-5H3,(H,31,32)/t19-/m1/s1. The third kappa shape index (κ3) is 6.50. The number of thioether (sulfide) groups is 1. The predicted molar refractivity (Wildman–Crippen MR) is 134 cm³/mol. The molecule has 34 heavy (non-hydrogen) atoms. The predicted octanol–water partition coefficient (Wildman–Crippen LogP) is 6.07. The molecule has 1 N–H and O–H groups in total. The van der Waals surface area contributed by atoms with Gasteiger partial charge in [0.1, 0.15) is 10.9 Å². The van der Waals surface area contributed by atoms with Crippen molar-refractivity contribution in [2.24, 2.45) is 0 Å². The summed E-state index contributed by atoms with van der Waals surface area (Å²) in [6.45, 7) is 10.1. The molecule has 7 heteroatoms. The van der Waals surface area contributed by atoms with E-state index < -0.39 is 22.8 Å². The van der Waals surface area contributed by atoms with Crippen LogP contribution in [-0.4, -0.2) is 31.6 Å². The average molecular weight is 481 g/mol. The molecule has 1 atom stereocenters. The van der Waals surface area contributed by atoms with Crippen LogP contribution in [0.15, 0.2) is 59.5 Å². The van der Waals surface area contributed by atoms with Crippen molar-refractivity contribution in [3.63, 3.8) is 0 Å². The summed E-state index contributed by atoms with van der Waals surface area (Å²) in [7, 11) is 0. The Kier molecular flexibility index (Phi) is 8.20. The van der Waals surface area contributed by atoms with E-state index in [2.05, 4.69) is 38.1 Å². The topological polar surface area (TPSA) is 81.4 Å². The zero-order chi connectivity index (χ0) is 24.9. The van der Waals surface area contributed by atoms with Crippen LogP contribution >= 0.6 is 11.8 Å². The number of carbonyl (C=O) groups excluding carboxylic acids is 1. The van der Waals surface area contributed by atoms with Crippen LogP contribution in [0.3, 0.4) is 0 Å². The Morgan fingerprint density at radius 1 is 1.12 bits per heavy atom. The largest absolute Gasteiger partial charge is 0.480 e. The number of carbonyl (C=O) groups is 2. The highest BCUT2D eigenvalue weighted by atomic mass is 32.2. The molecule has 0 fully saturated rings. The molecule has 0 amide bonds. The zero-order valence-electron chi connectivity index (χ0n) is 20.4. The van der Waals surface area contributed by atoms with Gasteiger partial charge in [0.05, 0.1) is 17.0 Å². The number of aryl methyl sites for hydroxylation is 2. The fraction of sp³-hybridized carbons (Fsp3) is 0.370. The molecule has 6 nitrogen and oxygen atoms in total. The number of benzene rings is 2. The van der Waals surface area contributed by atoms with Gasteiger partial charge in [0.15, 0.2) is 0 Å². The number of ether oxygens (including phenoxy) is 1. The number of aromatic nitrogens is 2. The Labute approximate surface area is 205 Å². The number of hydrogen-bond donors (Lipinski definition) is 1. The maximum atomic E-state index is 12.8. The summed E-state index contributed by atoms with van der Waals surface area (Å²) in [4.78, 5) is 24.9. The van der Waals surface area contributed by atoms with Gasteiger partial charge in [0.25, 0.3) is 0 Å². The van der Waals surface area contributed by atoms with E-state index in [9.17, 15) is 14.7 Å². The molecule has 0 aliphatic rings. The highest BCUT2D eigenvalue weighted by molar-refractivity contribution is 8.01. The molecular formula is C27H32N2O4S. The summed E-state index contributed by atoms with van der Waals surface area (Å²) in [6.07, 6.45) is 1.18. The van der Waals surface area contributed by atoms with Crippen molar-refractivity contribution < 1.29 is 19.4 Å². The lowest BCUT2D eigenvalue weighted by molar-refractivity contribution is -0.138. The maximum Gasteiger partial charge on any atom is 0.338 e. The van der Waals surface area contributed by atoms with Gasteiger partial charge in [-0.3, -0.25) is 9.48 Å². The van der Waals surface area contributed by atoms with E-state index in [1.54, 1.807) is 38.1 Å². The van der Waals surface area contributed by atoms with Crippen LogP contribution in [-0.2, 0) is 22.5 Å². The number of hydrogen-bond acceptors (Lipinski definition) is 5. The Hall–Kier alpha value is -3.06. The van der Waals surface area contributed by atoms with Gasteiger partial charge in [0, 0.05) is 17.9 Å². The van der Waals surface area contributed by atoms with Crippen LogP contribution in [0, 0.1) is 6.92 Å². The molecule has 3 rings (SSSR count). The Balaban J connectivity index is 1.70. The number of esters is 1. The smallest absolute Gasteiger partial charge is 0.338 e. The van der Waals surface area contributed by atoms with Gasteiger partial charge in [-0.15, -0.1) is 11.8 Å². The zero-order valence-corrected chi connectivity index (χ0v) is 21.2. The summed E-state index contributed by atoms with van der Waals surface area (Å²) >= 11 is 1.23. The lowest BCUT2D eigenvalue weighted by atomic mass is 10.1. The van der Waals surface area contributed by atoms with Crippen molar-refractivity contribution in [2.45, 2.75) is 69.8 Å². The van der Waals surface area contributed by atoms with Crippen molar-refractivity contribution in [1.29, 1.82) is 0 Å². The average Bonchev–Trinajstić information content (AvgIpc) is 3.18. The molecule has 0 saturated carbocycles. The molecular weight excluding hydrogens is 448 g/mol. The van der Waals surface area contributed by atoms with Crippen molar-refractivity contribution in [1.82, 2.24) is 9.78 Å². The fourth-order valence-electron chi connectivity index (χ4n) is 3.49. The van der Waals surface area contributed by atoms with Gasteiger partial charge < -0.3 is 9.84 Å². The Bertz CT molecular complexity index is 1130. The third-order valence-corrected chi connectivity index (χ3v) is 6.67. The summed E-state index contributed by atoms with van der Waals surface area (Å²) in [5.41, 5.74) is 4.64. The van der Waals surface area contributed by atoms with E-state index in [1.807, 2.05) is 17.7 Å². The van der Waals surface area contributed by atoms with Crippen LogP contribution in [0.1, 0.15) is 73.1 Å².